The van der Waals surface area contributed by atoms with Crippen molar-refractivity contribution in [1.82, 2.24) is 15.1 Å². The molecule has 1 aromatic heterocycles. The summed E-state index contributed by atoms with van der Waals surface area (Å²) in [7, 11) is 0. The monoisotopic (exact) mass is 275 g/mol. The third-order valence-corrected chi connectivity index (χ3v) is 3.86. The van der Waals surface area contributed by atoms with Gasteiger partial charge in [0.05, 0.1) is 35.2 Å². The number of aryl methyl sites for hydroxylation is 2. The normalized spacial score (nSPS) is 12.1. The number of hydrogen-bond donors (Lipinski definition) is 3. The highest BCUT2D eigenvalue weighted by atomic mass is 35.5. The number of nitrogens with zero attached hydrogens (tertiary/aromatic N) is 2. The van der Waals surface area contributed by atoms with Gasteiger partial charge in [-0.1, -0.05) is 18.5 Å². The van der Waals surface area contributed by atoms with Crippen molar-refractivity contribution in [3.8, 4) is 0 Å². The fourth-order valence-corrected chi connectivity index (χ4v) is 2.02. The summed E-state index contributed by atoms with van der Waals surface area (Å²) in [5, 5.41) is 26.9. The number of aliphatic hydroxyl groups is 2. The van der Waals surface area contributed by atoms with Crippen molar-refractivity contribution in [2.24, 2.45) is 0 Å². The minimum Gasteiger partial charge on any atom is -0.394 e. The highest BCUT2D eigenvalue weighted by molar-refractivity contribution is 6.31. The van der Waals surface area contributed by atoms with Gasteiger partial charge < -0.3 is 15.5 Å². The van der Waals surface area contributed by atoms with E-state index >= 15 is 0 Å². The Balaban J connectivity index is 2.85. The second-order valence-corrected chi connectivity index (χ2v) is 4.84. The van der Waals surface area contributed by atoms with Crippen molar-refractivity contribution in [1.29, 1.82) is 0 Å². The molecule has 3 N–H and O–H groups in total. The maximum atomic E-state index is 9.38. The minimum atomic E-state index is -0.667. The lowest BCUT2D eigenvalue weighted by atomic mass is 9.98. The summed E-state index contributed by atoms with van der Waals surface area (Å²) in [6, 6.07) is 0. The van der Waals surface area contributed by atoms with Crippen LogP contribution in [0.15, 0.2) is 0 Å². The number of halogens is 1. The van der Waals surface area contributed by atoms with Crippen LogP contribution in [0.2, 0.25) is 5.02 Å². The molecule has 0 spiro atoms. The summed E-state index contributed by atoms with van der Waals surface area (Å²) in [6.07, 6.45) is 0.636. The van der Waals surface area contributed by atoms with E-state index in [4.69, 9.17) is 11.6 Å². The Bertz CT molecular complexity index is 381. The van der Waals surface area contributed by atoms with Crippen LogP contribution in [0.25, 0.3) is 0 Å². The number of nitrogens with one attached hydrogen (secondary N) is 1. The van der Waals surface area contributed by atoms with Gasteiger partial charge in [-0.05, 0) is 20.3 Å². The van der Waals surface area contributed by atoms with Gasteiger partial charge in [0.25, 0.3) is 0 Å². The van der Waals surface area contributed by atoms with E-state index in [1.54, 1.807) is 0 Å². The van der Waals surface area contributed by atoms with Crippen LogP contribution in [0.5, 0.6) is 0 Å². The SMILES string of the molecule is CCn1nc(C)c(Cl)c1CNC(CC)(CO)CO. The molecule has 0 amide bonds. The van der Waals surface area contributed by atoms with Crippen LogP contribution in [0, 0.1) is 6.92 Å². The zero-order valence-electron chi connectivity index (χ0n) is 11.2. The maximum Gasteiger partial charge on any atom is 0.0860 e. The van der Waals surface area contributed by atoms with E-state index in [0.717, 1.165) is 17.9 Å². The number of aromatic nitrogens is 2. The van der Waals surface area contributed by atoms with Crippen molar-refractivity contribution in [3.05, 3.63) is 16.4 Å². The highest BCUT2D eigenvalue weighted by Crippen LogP contribution is 2.21. The Hall–Kier alpha value is -0.620. The summed E-state index contributed by atoms with van der Waals surface area (Å²) in [4.78, 5) is 0. The van der Waals surface area contributed by atoms with Gasteiger partial charge in [-0.25, -0.2) is 0 Å². The Morgan fingerprint density at radius 1 is 1.33 bits per heavy atom. The lowest BCUT2D eigenvalue weighted by Crippen LogP contribution is -2.51. The van der Waals surface area contributed by atoms with E-state index in [1.807, 2.05) is 25.5 Å². The molecule has 1 heterocycles. The van der Waals surface area contributed by atoms with Gasteiger partial charge in [-0.2, -0.15) is 5.10 Å². The molecule has 0 atom stereocenters. The molecule has 0 fully saturated rings. The Labute approximate surface area is 113 Å². The molecule has 0 aliphatic rings. The highest BCUT2D eigenvalue weighted by Gasteiger charge is 2.26. The van der Waals surface area contributed by atoms with E-state index in [2.05, 4.69) is 10.4 Å². The molecule has 0 saturated carbocycles. The third-order valence-electron chi connectivity index (χ3n) is 3.37. The first-order valence-electron chi connectivity index (χ1n) is 6.22. The van der Waals surface area contributed by atoms with Gasteiger partial charge in [0, 0.05) is 13.1 Å². The largest absolute Gasteiger partial charge is 0.394 e. The topological polar surface area (TPSA) is 70.3 Å². The quantitative estimate of drug-likeness (QED) is 0.697. The summed E-state index contributed by atoms with van der Waals surface area (Å²) in [6.45, 7) is 6.77. The van der Waals surface area contributed by atoms with E-state index in [-0.39, 0.29) is 13.2 Å². The summed E-state index contributed by atoms with van der Waals surface area (Å²) in [5.74, 6) is 0. The van der Waals surface area contributed by atoms with Crippen molar-refractivity contribution < 1.29 is 10.2 Å². The molecular formula is C12H22ClN3O2. The molecule has 1 rings (SSSR count). The summed E-state index contributed by atoms with van der Waals surface area (Å²) >= 11 is 6.20. The summed E-state index contributed by atoms with van der Waals surface area (Å²) in [5.41, 5.74) is 1.02. The predicted octanol–water partition coefficient (Wildman–Crippen LogP) is 1.09. The van der Waals surface area contributed by atoms with Crippen LogP contribution in [0.3, 0.4) is 0 Å². The average molecular weight is 276 g/mol. The Morgan fingerprint density at radius 2 is 1.94 bits per heavy atom. The first kappa shape index (κ1) is 15.4. The van der Waals surface area contributed by atoms with Crippen LogP contribution < -0.4 is 5.32 Å². The summed E-state index contributed by atoms with van der Waals surface area (Å²) < 4.78 is 1.83. The first-order chi connectivity index (χ1) is 8.53. The standard InChI is InChI=1S/C12H22ClN3O2/c1-4-12(7-17,8-18)14-6-10-11(13)9(3)15-16(10)5-2/h14,17-18H,4-8H2,1-3H3. The second-order valence-electron chi connectivity index (χ2n) is 4.47. The Morgan fingerprint density at radius 3 is 2.39 bits per heavy atom. The van der Waals surface area contributed by atoms with Gasteiger partial charge in [0.15, 0.2) is 0 Å². The second kappa shape index (κ2) is 6.52. The van der Waals surface area contributed by atoms with Crippen molar-refractivity contribution in [2.75, 3.05) is 13.2 Å². The molecule has 5 nitrogen and oxygen atoms in total. The van der Waals surface area contributed by atoms with Crippen molar-refractivity contribution in [3.63, 3.8) is 0 Å². The van der Waals surface area contributed by atoms with Gasteiger partial charge in [0.2, 0.25) is 0 Å². The van der Waals surface area contributed by atoms with Crippen molar-refractivity contribution >= 4 is 11.6 Å². The molecule has 0 aliphatic carbocycles. The van der Waals surface area contributed by atoms with Gasteiger partial charge in [0.1, 0.15) is 0 Å². The van der Waals surface area contributed by atoms with Crippen LogP contribution in [-0.2, 0) is 13.1 Å². The van der Waals surface area contributed by atoms with E-state index in [9.17, 15) is 10.2 Å². The molecule has 0 aliphatic heterocycles. The zero-order valence-corrected chi connectivity index (χ0v) is 12.0. The van der Waals surface area contributed by atoms with Crippen LogP contribution in [0.1, 0.15) is 31.7 Å². The first-order valence-corrected chi connectivity index (χ1v) is 6.59. The molecule has 0 bridgehead atoms. The molecule has 0 radical (unpaired) electrons. The molecule has 18 heavy (non-hydrogen) atoms. The molecule has 1 aromatic rings. The average Bonchev–Trinajstić information content (AvgIpc) is 2.68. The smallest absolute Gasteiger partial charge is 0.0860 e. The minimum absolute atomic E-state index is 0.114. The van der Waals surface area contributed by atoms with E-state index < -0.39 is 5.54 Å². The van der Waals surface area contributed by atoms with Gasteiger partial charge in [-0.3, -0.25) is 4.68 Å². The van der Waals surface area contributed by atoms with Gasteiger partial charge in [-0.15, -0.1) is 0 Å². The maximum absolute atomic E-state index is 9.38. The van der Waals surface area contributed by atoms with Gasteiger partial charge >= 0.3 is 0 Å². The van der Waals surface area contributed by atoms with E-state index in [0.29, 0.717) is 18.0 Å². The molecule has 104 valence electrons. The fraction of sp³-hybridized carbons (Fsp3) is 0.750. The van der Waals surface area contributed by atoms with E-state index in [1.165, 1.54) is 0 Å². The molecular weight excluding hydrogens is 254 g/mol. The third kappa shape index (κ3) is 3.03. The number of aliphatic hydroxyl groups excluding tert-OH is 2. The lowest BCUT2D eigenvalue weighted by molar-refractivity contribution is 0.0858. The molecule has 0 saturated heterocycles. The molecule has 0 aromatic carbocycles. The fourth-order valence-electron chi connectivity index (χ4n) is 1.82. The van der Waals surface area contributed by atoms with Crippen LogP contribution in [-0.4, -0.2) is 38.7 Å². The van der Waals surface area contributed by atoms with Crippen molar-refractivity contribution in [2.45, 2.75) is 45.8 Å². The zero-order chi connectivity index (χ0) is 13.8. The lowest BCUT2D eigenvalue weighted by Gasteiger charge is -2.30. The van der Waals surface area contributed by atoms with Crippen LogP contribution in [0.4, 0.5) is 0 Å². The number of hydrogen-bond acceptors (Lipinski definition) is 4. The van der Waals surface area contributed by atoms with Crippen LogP contribution >= 0.6 is 11.6 Å². The predicted molar refractivity (Wildman–Crippen MR) is 71.7 cm³/mol. The number of rotatable bonds is 7. The molecule has 6 heteroatoms. The molecule has 0 unspecified atom stereocenters. The Kier molecular flexibility index (Phi) is 5.59.